The van der Waals surface area contributed by atoms with Gasteiger partial charge in [0.05, 0.1) is 0 Å². The fourth-order valence-corrected chi connectivity index (χ4v) is 1.74. The molecular weight excluding hydrogens is 128 g/mol. The SMILES string of the molecule is CC1C2=C(C(=O)OC2)C1C. The van der Waals surface area contributed by atoms with Crippen LogP contribution in [0.3, 0.4) is 0 Å². The molecule has 0 aromatic carbocycles. The minimum Gasteiger partial charge on any atom is -0.458 e. The largest absolute Gasteiger partial charge is 0.458 e. The van der Waals surface area contributed by atoms with Crippen molar-refractivity contribution in [1.82, 2.24) is 0 Å². The van der Waals surface area contributed by atoms with E-state index in [1.54, 1.807) is 0 Å². The first-order chi connectivity index (χ1) is 4.72. The van der Waals surface area contributed by atoms with Gasteiger partial charge in [-0.3, -0.25) is 0 Å². The number of esters is 1. The Morgan fingerprint density at radius 3 is 2.70 bits per heavy atom. The molecule has 0 saturated heterocycles. The second kappa shape index (κ2) is 1.62. The zero-order valence-corrected chi connectivity index (χ0v) is 6.18. The van der Waals surface area contributed by atoms with Crippen LogP contribution in [-0.2, 0) is 9.53 Å². The quantitative estimate of drug-likeness (QED) is 0.469. The van der Waals surface area contributed by atoms with E-state index in [2.05, 4.69) is 13.8 Å². The van der Waals surface area contributed by atoms with Gasteiger partial charge in [-0.05, 0) is 17.4 Å². The summed E-state index contributed by atoms with van der Waals surface area (Å²) < 4.78 is 4.87. The predicted molar refractivity (Wildman–Crippen MR) is 36.3 cm³/mol. The molecule has 0 fully saturated rings. The Morgan fingerprint density at radius 1 is 1.40 bits per heavy atom. The van der Waals surface area contributed by atoms with Crippen molar-refractivity contribution in [3.8, 4) is 0 Å². The van der Waals surface area contributed by atoms with Crippen molar-refractivity contribution >= 4 is 5.97 Å². The van der Waals surface area contributed by atoms with Gasteiger partial charge < -0.3 is 4.74 Å². The standard InChI is InChI=1S/C8H10O2/c1-4-5(2)7-6(4)3-10-8(7)9/h4-5H,3H2,1-2H3. The molecule has 0 aromatic heterocycles. The summed E-state index contributed by atoms with van der Waals surface area (Å²) in [7, 11) is 0. The first-order valence-electron chi connectivity index (χ1n) is 3.62. The molecule has 2 unspecified atom stereocenters. The van der Waals surface area contributed by atoms with E-state index < -0.39 is 0 Å². The van der Waals surface area contributed by atoms with E-state index in [4.69, 9.17) is 4.74 Å². The minimum absolute atomic E-state index is 0.0828. The summed E-state index contributed by atoms with van der Waals surface area (Å²) in [5.41, 5.74) is 2.19. The molecule has 2 rings (SSSR count). The fourth-order valence-electron chi connectivity index (χ4n) is 1.74. The van der Waals surface area contributed by atoms with Gasteiger partial charge in [-0.15, -0.1) is 0 Å². The molecule has 2 heteroatoms. The number of hydrogen-bond donors (Lipinski definition) is 0. The van der Waals surface area contributed by atoms with Crippen molar-refractivity contribution in [2.45, 2.75) is 13.8 Å². The van der Waals surface area contributed by atoms with Gasteiger partial charge in [0.15, 0.2) is 0 Å². The van der Waals surface area contributed by atoms with E-state index in [9.17, 15) is 4.79 Å². The summed E-state index contributed by atoms with van der Waals surface area (Å²) >= 11 is 0. The molecule has 0 aromatic rings. The van der Waals surface area contributed by atoms with Crippen LogP contribution >= 0.6 is 0 Å². The lowest BCUT2D eigenvalue weighted by Crippen LogP contribution is -2.26. The third-order valence-electron chi connectivity index (χ3n) is 2.68. The van der Waals surface area contributed by atoms with E-state index in [0.29, 0.717) is 18.4 Å². The van der Waals surface area contributed by atoms with Crippen molar-refractivity contribution in [2.75, 3.05) is 6.61 Å². The second-order valence-electron chi connectivity index (χ2n) is 3.09. The van der Waals surface area contributed by atoms with Gasteiger partial charge >= 0.3 is 5.97 Å². The summed E-state index contributed by atoms with van der Waals surface area (Å²) in [5.74, 6) is 0.923. The number of rotatable bonds is 0. The maximum Gasteiger partial charge on any atom is 0.334 e. The summed E-state index contributed by atoms with van der Waals surface area (Å²) in [6, 6.07) is 0. The third-order valence-corrected chi connectivity index (χ3v) is 2.68. The van der Waals surface area contributed by atoms with Crippen LogP contribution in [-0.4, -0.2) is 12.6 Å². The van der Waals surface area contributed by atoms with E-state index >= 15 is 0 Å². The maximum atomic E-state index is 10.9. The van der Waals surface area contributed by atoms with Crippen molar-refractivity contribution in [3.05, 3.63) is 11.1 Å². The molecule has 0 radical (unpaired) electrons. The number of carbonyl (C=O) groups excluding carboxylic acids is 1. The lowest BCUT2D eigenvalue weighted by molar-refractivity contribution is -0.136. The second-order valence-corrected chi connectivity index (χ2v) is 3.09. The van der Waals surface area contributed by atoms with E-state index in [0.717, 1.165) is 5.57 Å². The van der Waals surface area contributed by atoms with Crippen LogP contribution in [0.15, 0.2) is 11.1 Å². The first-order valence-corrected chi connectivity index (χ1v) is 3.62. The zero-order chi connectivity index (χ0) is 7.30. The highest BCUT2D eigenvalue weighted by atomic mass is 16.5. The third kappa shape index (κ3) is 0.474. The van der Waals surface area contributed by atoms with Gasteiger partial charge in [-0.1, -0.05) is 13.8 Å². The number of carbonyl (C=O) groups is 1. The predicted octanol–water partition coefficient (Wildman–Crippen LogP) is 1.13. The molecule has 2 aliphatic rings. The highest BCUT2D eigenvalue weighted by molar-refractivity contribution is 5.94. The van der Waals surface area contributed by atoms with Crippen molar-refractivity contribution in [2.24, 2.45) is 11.8 Å². The molecule has 0 bridgehead atoms. The lowest BCUT2D eigenvalue weighted by Gasteiger charge is -2.30. The Kier molecular flexibility index (Phi) is 0.967. The Balaban J connectivity index is 2.36. The van der Waals surface area contributed by atoms with Crippen LogP contribution in [0, 0.1) is 11.8 Å². The van der Waals surface area contributed by atoms with Gasteiger partial charge in [0.25, 0.3) is 0 Å². The van der Waals surface area contributed by atoms with Crippen molar-refractivity contribution < 1.29 is 9.53 Å². The zero-order valence-electron chi connectivity index (χ0n) is 6.18. The van der Waals surface area contributed by atoms with Crippen LogP contribution < -0.4 is 0 Å². The summed E-state index contributed by atoms with van der Waals surface area (Å²) in [5, 5.41) is 0. The summed E-state index contributed by atoms with van der Waals surface area (Å²) in [4.78, 5) is 10.9. The van der Waals surface area contributed by atoms with Gasteiger partial charge in [0, 0.05) is 5.57 Å². The van der Waals surface area contributed by atoms with Crippen LogP contribution in [0.25, 0.3) is 0 Å². The molecule has 1 heterocycles. The van der Waals surface area contributed by atoms with E-state index in [-0.39, 0.29) is 5.97 Å². The van der Waals surface area contributed by atoms with Gasteiger partial charge in [0.1, 0.15) is 6.61 Å². The molecule has 0 N–H and O–H groups in total. The molecule has 10 heavy (non-hydrogen) atoms. The molecule has 54 valence electrons. The topological polar surface area (TPSA) is 26.3 Å². The molecule has 1 aliphatic carbocycles. The molecule has 1 aliphatic heterocycles. The number of cyclic esters (lactones) is 1. The molecule has 0 saturated carbocycles. The first kappa shape index (κ1) is 5.96. The van der Waals surface area contributed by atoms with Crippen LogP contribution in [0.4, 0.5) is 0 Å². The van der Waals surface area contributed by atoms with Gasteiger partial charge in [-0.25, -0.2) is 4.79 Å². The maximum absolute atomic E-state index is 10.9. The molecule has 0 amide bonds. The summed E-state index contributed by atoms with van der Waals surface area (Å²) in [6.45, 7) is 4.78. The fraction of sp³-hybridized carbons (Fsp3) is 0.625. The molecule has 2 atom stereocenters. The average Bonchev–Trinajstić information content (AvgIpc) is 2.27. The van der Waals surface area contributed by atoms with E-state index in [1.807, 2.05) is 0 Å². The van der Waals surface area contributed by atoms with Gasteiger partial charge in [0.2, 0.25) is 0 Å². The normalized spacial score (nSPS) is 37.2. The lowest BCUT2D eigenvalue weighted by atomic mass is 9.71. The van der Waals surface area contributed by atoms with Crippen LogP contribution in [0.5, 0.6) is 0 Å². The Hall–Kier alpha value is -0.790. The summed E-state index contributed by atoms with van der Waals surface area (Å²) in [6.07, 6.45) is 0. The Labute approximate surface area is 59.9 Å². The van der Waals surface area contributed by atoms with Crippen LogP contribution in [0.2, 0.25) is 0 Å². The Bertz CT molecular complexity index is 227. The monoisotopic (exact) mass is 138 g/mol. The molecule has 2 nitrogen and oxygen atoms in total. The number of hydrogen-bond acceptors (Lipinski definition) is 2. The van der Waals surface area contributed by atoms with Crippen molar-refractivity contribution in [1.29, 1.82) is 0 Å². The van der Waals surface area contributed by atoms with Crippen LogP contribution in [0.1, 0.15) is 13.8 Å². The molecular formula is C8H10O2. The van der Waals surface area contributed by atoms with Gasteiger partial charge in [-0.2, -0.15) is 0 Å². The van der Waals surface area contributed by atoms with E-state index in [1.165, 1.54) is 5.57 Å². The number of ether oxygens (including phenoxy) is 1. The smallest absolute Gasteiger partial charge is 0.334 e. The van der Waals surface area contributed by atoms with Crippen molar-refractivity contribution in [3.63, 3.8) is 0 Å². The highest BCUT2D eigenvalue weighted by Gasteiger charge is 2.43. The minimum atomic E-state index is -0.0828. The highest BCUT2D eigenvalue weighted by Crippen LogP contribution is 2.44. The molecule has 0 spiro atoms. The average molecular weight is 138 g/mol. The Morgan fingerprint density at radius 2 is 2.10 bits per heavy atom.